The number of nitriles is 1. The van der Waals surface area contributed by atoms with Gasteiger partial charge in [0.25, 0.3) is 0 Å². The normalized spacial score (nSPS) is 13.0. The van der Waals surface area contributed by atoms with E-state index in [9.17, 15) is 5.26 Å². The van der Waals surface area contributed by atoms with Crippen LogP contribution in [-0.2, 0) is 0 Å². The molecule has 2 unspecified atom stereocenters. The summed E-state index contributed by atoms with van der Waals surface area (Å²) in [6, 6.07) is 131. The van der Waals surface area contributed by atoms with E-state index in [1.807, 2.05) is 249 Å². The lowest BCUT2D eigenvalue weighted by Gasteiger charge is -2.32. The standard InChI is InChI=1S/C45H36N4.C36H22N6.3C9H7NO.Al/c1-3-13-33(14-4-1)43-46-44(34-15-5-2-6-16-34)48-45(47-43)35-25-23-31(24-26-35)37-17-7-8-18-38(37)32-27-29-36(30-28-32)49-41-21-11-9-19-39(41)40-20-10-12-22-42(40)49;37-23-24-15-17-25(18-16-24)32-33(39-31-14-8-7-13-30(31)38-32)26-19-21-29(22-20-26)36-41-34(27-9-3-1-4-10-27)40-35(42-36)28-11-5-2-6-12-28;3*11-8-5-1-3-7-4-2-6-10-9(7)8;/h1-6,9-16,19-30,37-38H,7-8,17-18H2;1-22H;3*1-6,11H;/q;;;;;+3/p-3. The summed E-state index contributed by atoms with van der Waals surface area (Å²) in [7, 11) is 0. The minimum Gasteiger partial charge on any atom is -0.576 e. The minimum absolute atomic E-state index is 0.472. The molecule has 22 rings (SSSR count). The largest absolute Gasteiger partial charge is 1.20 e. The molecule has 594 valence electrons. The number of pyridine rings is 3. The van der Waals surface area contributed by atoms with Crippen molar-refractivity contribution in [3.05, 3.63) is 417 Å². The number of rotatable bonds is 17. The van der Waals surface area contributed by atoms with Crippen LogP contribution in [0.25, 0.3) is 162 Å². The van der Waals surface area contributed by atoms with Crippen LogP contribution in [0.1, 0.15) is 54.2 Å². The number of nitrogens with zero attached hydrogens (tertiary/aromatic N) is 13. The Morgan fingerprint density at radius 2 is 0.584 bits per heavy atom. The number of benzene rings is 14. The lowest BCUT2D eigenvalue weighted by molar-refractivity contribution is 0.311. The Morgan fingerprint density at radius 3 is 0.952 bits per heavy atom. The average Bonchev–Trinajstić information content (AvgIpc) is 1.61. The monoisotopic (exact) mass is 1630 g/mol. The Kier molecular flexibility index (Phi) is 22.1. The molecule has 0 radical (unpaired) electrons. The van der Waals surface area contributed by atoms with Crippen molar-refractivity contribution in [2.45, 2.75) is 37.5 Å². The quantitative estimate of drug-likeness (QED) is 0.0780. The van der Waals surface area contributed by atoms with Gasteiger partial charge in [0.05, 0.1) is 45.1 Å². The van der Waals surface area contributed by atoms with Crippen LogP contribution in [0.4, 0.5) is 0 Å². The van der Waals surface area contributed by atoms with Gasteiger partial charge >= 0.3 is 15.1 Å². The van der Waals surface area contributed by atoms with Crippen molar-refractivity contribution in [2.75, 3.05) is 0 Å². The summed E-state index contributed by atoms with van der Waals surface area (Å²) >= 11 is -2.86. The summed E-state index contributed by atoms with van der Waals surface area (Å²) in [6.45, 7) is 0. The number of hydrogen-bond acceptors (Lipinski definition) is 15. The number of aromatic nitrogens is 12. The van der Waals surface area contributed by atoms with Crippen LogP contribution < -0.4 is 11.4 Å². The molecule has 0 amide bonds. The second-order valence-electron chi connectivity index (χ2n) is 30.5. The molecule has 0 saturated heterocycles. The molecule has 1 fully saturated rings. The summed E-state index contributed by atoms with van der Waals surface area (Å²) in [5.74, 6) is 6.67. The summed E-state index contributed by atoms with van der Waals surface area (Å²) < 4.78 is 21.6. The number of hydrogen-bond donors (Lipinski definition) is 0. The predicted octanol–water partition coefficient (Wildman–Crippen LogP) is 25.3. The van der Waals surface area contributed by atoms with E-state index in [0.29, 0.717) is 69.6 Å². The van der Waals surface area contributed by atoms with Gasteiger partial charge in [-0.2, -0.15) is 5.26 Å². The summed E-state index contributed by atoms with van der Waals surface area (Å²) in [5, 5.41) is 14.8. The van der Waals surface area contributed by atoms with E-state index < -0.39 is 15.1 Å². The Hall–Kier alpha value is -16.1. The smallest absolute Gasteiger partial charge is 0.576 e. The maximum absolute atomic E-state index is 9.26. The first kappa shape index (κ1) is 77.5. The average molecular weight is 1630 g/mol. The fourth-order valence-corrected chi connectivity index (χ4v) is 17.9. The Bertz CT molecular complexity index is 7100. The molecule has 21 aromatic rings. The van der Waals surface area contributed by atoms with Gasteiger partial charge in [-0.1, -0.05) is 310 Å². The molecule has 0 N–H and O–H groups in total. The summed E-state index contributed by atoms with van der Waals surface area (Å²) in [6.07, 6.45) is 10.2. The van der Waals surface area contributed by atoms with Crippen molar-refractivity contribution in [1.82, 2.24) is 59.4 Å². The lowest BCUT2D eigenvalue weighted by atomic mass is 9.72. The van der Waals surface area contributed by atoms with E-state index >= 15 is 0 Å². The zero-order chi connectivity index (χ0) is 83.6. The van der Waals surface area contributed by atoms with Gasteiger partial charge in [-0.05, 0) is 121 Å². The van der Waals surface area contributed by atoms with E-state index in [0.717, 1.165) is 99.6 Å². The van der Waals surface area contributed by atoms with Crippen molar-refractivity contribution >= 4 is 80.7 Å². The van der Waals surface area contributed by atoms with E-state index in [1.54, 1.807) is 30.7 Å². The van der Waals surface area contributed by atoms with Crippen LogP contribution >= 0.6 is 0 Å². The van der Waals surface area contributed by atoms with E-state index in [1.165, 1.54) is 64.3 Å². The van der Waals surface area contributed by atoms with Gasteiger partial charge in [0.15, 0.2) is 34.9 Å². The van der Waals surface area contributed by atoms with Crippen LogP contribution in [0.15, 0.2) is 401 Å². The SMILES string of the molecule is N#Cc1ccc(-c2nc3ccccc3nc2-c2ccc(-c3nc(-c4ccccc4)nc(-c4ccccc4)n3)cc2)cc1.c1ccc(-c2nc(-c3ccccc3)nc(-c3ccc(C4CCCCC4c4ccc(-n5c6ccccc6c6ccccc65)cc4)cc3)n2)cc1.c1cnc2c([O][Al]([O]c3cccc4cccnc34)[O]c3cccc4cccnc34)cccc2c1. The third-order valence-electron chi connectivity index (χ3n) is 22.7. The first-order valence-corrected chi connectivity index (χ1v) is 43.1. The third-order valence-corrected chi connectivity index (χ3v) is 24.0. The van der Waals surface area contributed by atoms with Gasteiger partial charge in [0, 0.05) is 95.7 Å². The number of fused-ring (bicyclic) bond motifs is 7. The molecule has 16 nitrogen and oxygen atoms in total. The first-order valence-electron chi connectivity index (χ1n) is 41.7. The van der Waals surface area contributed by atoms with Crippen LogP contribution in [0, 0.1) is 11.3 Å². The zero-order valence-corrected chi connectivity index (χ0v) is 68.9. The number of para-hydroxylation sites is 7. The summed E-state index contributed by atoms with van der Waals surface area (Å²) in [5.41, 5.74) is 20.0. The molecule has 14 aromatic carbocycles. The van der Waals surface area contributed by atoms with Gasteiger partial charge < -0.3 is 15.9 Å². The fourth-order valence-electron chi connectivity index (χ4n) is 16.5. The lowest BCUT2D eigenvalue weighted by Crippen LogP contribution is -2.37. The second-order valence-corrected chi connectivity index (χ2v) is 31.8. The predicted molar refractivity (Wildman–Crippen MR) is 499 cm³/mol. The van der Waals surface area contributed by atoms with Gasteiger partial charge in [-0.25, -0.2) is 39.9 Å². The molecule has 17 heteroatoms. The molecule has 0 bridgehead atoms. The van der Waals surface area contributed by atoms with Crippen molar-refractivity contribution in [3.8, 4) is 120 Å². The van der Waals surface area contributed by atoms with Crippen LogP contribution in [0.2, 0.25) is 0 Å². The highest BCUT2D eigenvalue weighted by atomic mass is 27.3. The topological polar surface area (TPSA) is 198 Å². The third kappa shape index (κ3) is 16.7. The van der Waals surface area contributed by atoms with Crippen LogP contribution in [0.5, 0.6) is 17.2 Å². The van der Waals surface area contributed by atoms with Gasteiger partial charge in [-0.3, -0.25) is 15.0 Å². The molecule has 2 atom stereocenters. The molecular formula is C108H76AlN13O3. The Labute approximate surface area is 726 Å². The Balaban J connectivity index is 0.000000120. The molecule has 1 aliphatic carbocycles. The molecule has 1 aliphatic rings. The van der Waals surface area contributed by atoms with Gasteiger partial charge in [0.1, 0.15) is 33.8 Å². The molecule has 1 saturated carbocycles. The highest BCUT2D eigenvalue weighted by Crippen LogP contribution is 2.46. The molecule has 7 aromatic heterocycles. The van der Waals surface area contributed by atoms with Crippen molar-refractivity contribution in [1.29, 1.82) is 5.26 Å². The first-order chi connectivity index (χ1) is 61.9. The van der Waals surface area contributed by atoms with E-state index in [4.69, 9.17) is 51.2 Å². The van der Waals surface area contributed by atoms with Crippen molar-refractivity contribution < 1.29 is 11.4 Å². The molecule has 0 aliphatic heterocycles. The highest BCUT2D eigenvalue weighted by Gasteiger charge is 2.46. The van der Waals surface area contributed by atoms with Gasteiger partial charge in [-0.15, -0.1) is 0 Å². The molecule has 0 spiro atoms. The molecule has 125 heavy (non-hydrogen) atoms. The molecule has 7 heterocycles. The van der Waals surface area contributed by atoms with Crippen molar-refractivity contribution in [2.24, 2.45) is 0 Å². The summed E-state index contributed by atoms with van der Waals surface area (Å²) in [4.78, 5) is 52.7. The Morgan fingerprint density at radius 1 is 0.280 bits per heavy atom. The van der Waals surface area contributed by atoms with Crippen molar-refractivity contribution in [3.63, 3.8) is 0 Å². The van der Waals surface area contributed by atoms with E-state index in [-0.39, 0.29) is 0 Å². The fraction of sp³-hybridized carbons (Fsp3) is 0.0556. The maximum atomic E-state index is 9.26. The van der Waals surface area contributed by atoms with Crippen LogP contribution in [-0.4, -0.2) is 74.5 Å². The maximum Gasteiger partial charge on any atom is 1.20 e. The van der Waals surface area contributed by atoms with Gasteiger partial charge in [0.2, 0.25) is 0 Å². The zero-order valence-electron chi connectivity index (χ0n) is 67.7. The van der Waals surface area contributed by atoms with E-state index in [2.05, 4.69) is 147 Å². The minimum atomic E-state index is -2.86. The molecular weight excluding hydrogens is 1550 g/mol. The second kappa shape index (κ2) is 35.7. The van der Waals surface area contributed by atoms with Crippen LogP contribution in [0.3, 0.4) is 0 Å². The highest BCUT2D eigenvalue weighted by molar-refractivity contribution is 6.40.